The Morgan fingerprint density at radius 1 is 1.37 bits per heavy atom. The van der Waals surface area contributed by atoms with Crippen LogP contribution in [0.3, 0.4) is 0 Å². The Morgan fingerprint density at radius 3 is 2.67 bits per heavy atom. The van der Waals surface area contributed by atoms with E-state index in [1.807, 2.05) is 19.3 Å². The number of aryl methyl sites for hydroxylation is 1. The third kappa shape index (κ3) is 4.17. The van der Waals surface area contributed by atoms with E-state index in [0.29, 0.717) is 12.3 Å². The number of carboxylic acid groups (broad SMARTS) is 1. The van der Waals surface area contributed by atoms with Crippen LogP contribution in [-0.4, -0.2) is 71.6 Å². The maximum atomic E-state index is 11.7. The molecule has 0 aromatic carbocycles. The van der Waals surface area contributed by atoms with Gasteiger partial charge in [0.15, 0.2) is 0 Å². The molecule has 166 valence electrons. The van der Waals surface area contributed by atoms with E-state index in [9.17, 15) is 18.3 Å². The SMILES string of the molecule is Cc1cnc(C23CCC(OC[C@H]4[C@@H](NS(C)(=O)=O)C[C@@H](C)N4C(=O)O)CC2C3)nc1. The van der Waals surface area contributed by atoms with Gasteiger partial charge in [-0.3, -0.25) is 4.90 Å². The van der Waals surface area contributed by atoms with Crippen LogP contribution in [0.5, 0.6) is 0 Å². The first-order valence-electron chi connectivity index (χ1n) is 10.5. The molecule has 30 heavy (non-hydrogen) atoms. The van der Waals surface area contributed by atoms with Gasteiger partial charge in [-0.1, -0.05) is 0 Å². The van der Waals surface area contributed by atoms with Crippen LogP contribution in [0.4, 0.5) is 4.79 Å². The van der Waals surface area contributed by atoms with Crippen molar-refractivity contribution >= 4 is 16.1 Å². The van der Waals surface area contributed by atoms with Gasteiger partial charge < -0.3 is 9.84 Å². The van der Waals surface area contributed by atoms with E-state index in [2.05, 4.69) is 14.7 Å². The van der Waals surface area contributed by atoms with Gasteiger partial charge in [-0.15, -0.1) is 0 Å². The first-order chi connectivity index (χ1) is 14.1. The van der Waals surface area contributed by atoms with Crippen LogP contribution in [0.1, 0.15) is 50.4 Å². The molecule has 1 amide bonds. The van der Waals surface area contributed by atoms with Gasteiger partial charge in [-0.2, -0.15) is 0 Å². The van der Waals surface area contributed by atoms with Crippen LogP contribution >= 0.6 is 0 Å². The fourth-order valence-electron chi connectivity index (χ4n) is 5.36. The lowest BCUT2D eigenvalue weighted by atomic mass is 9.86. The Labute approximate surface area is 177 Å². The summed E-state index contributed by atoms with van der Waals surface area (Å²) in [5, 5.41) is 9.61. The van der Waals surface area contributed by atoms with E-state index in [4.69, 9.17) is 4.74 Å². The summed E-state index contributed by atoms with van der Waals surface area (Å²) in [5.74, 6) is 1.41. The van der Waals surface area contributed by atoms with Crippen LogP contribution in [0.2, 0.25) is 0 Å². The Hall–Kier alpha value is -1.78. The Balaban J connectivity index is 1.38. The van der Waals surface area contributed by atoms with Crippen molar-refractivity contribution in [3.8, 4) is 0 Å². The summed E-state index contributed by atoms with van der Waals surface area (Å²) in [6.45, 7) is 3.97. The lowest BCUT2D eigenvalue weighted by Crippen LogP contribution is -2.50. The Bertz CT molecular complexity index is 908. The molecule has 2 heterocycles. The molecule has 3 fully saturated rings. The molecule has 1 saturated heterocycles. The number of likely N-dealkylation sites (tertiary alicyclic amines) is 1. The lowest BCUT2D eigenvalue weighted by Gasteiger charge is -2.32. The van der Waals surface area contributed by atoms with Crippen LogP contribution < -0.4 is 4.72 Å². The second-order valence-electron chi connectivity index (χ2n) is 9.21. The van der Waals surface area contributed by atoms with Crippen molar-refractivity contribution in [3.63, 3.8) is 0 Å². The van der Waals surface area contributed by atoms with E-state index >= 15 is 0 Å². The summed E-state index contributed by atoms with van der Waals surface area (Å²) in [6, 6.07) is -1.27. The van der Waals surface area contributed by atoms with E-state index in [-0.39, 0.29) is 24.2 Å². The number of amides is 1. The Kier molecular flexibility index (Phi) is 5.52. The minimum Gasteiger partial charge on any atom is -0.465 e. The highest BCUT2D eigenvalue weighted by Gasteiger charge is 2.60. The van der Waals surface area contributed by atoms with Gasteiger partial charge in [0.2, 0.25) is 10.0 Å². The standard InChI is InChI=1S/C20H30N4O5S/c1-12-9-21-18(22-10-12)20-5-4-15(7-14(20)8-20)29-11-17-16(23-30(3,27)28)6-13(2)24(17)19(25)26/h9-10,13-17,23H,4-8,11H2,1-3H3,(H,25,26)/t13-,14?,15?,16+,17+,20?/m1/s1. The number of sulfonamides is 1. The van der Waals surface area contributed by atoms with Gasteiger partial charge in [0.1, 0.15) is 5.82 Å². The molecule has 1 aromatic heterocycles. The molecule has 4 rings (SSSR count). The number of aromatic nitrogens is 2. The van der Waals surface area contributed by atoms with Gasteiger partial charge in [0, 0.05) is 29.9 Å². The van der Waals surface area contributed by atoms with Gasteiger partial charge in [0.25, 0.3) is 0 Å². The molecule has 3 unspecified atom stereocenters. The number of hydrogen-bond acceptors (Lipinski definition) is 6. The maximum absolute atomic E-state index is 11.7. The smallest absolute Gasteiger partial charge is 0.407 e. The van der Waals surface area contributed by atoms with E-state index in [1.165, 1.54) is 4.90 Å². The highest BCUT2D eigenvalue weighted by molar-refractivity contribution is 7.88. The monoisotopic (exact) mass is 438 g/mol. The molecule has 2 N–H and O–H groups in total. The van der Waals surface area contributed by atoms with Crippen molar-refractivity contribution in [1.82, 2.24) is 19.6 Å². The van der Waals surface area contributed by atoms with Crippen LogP contribution in [0.25, 0.3) is 0 Å². The first kappa shape index (κ1) is 21.5. The topological polar surface area (TPSA) is 122 Å². The number of hydrogen-bond donors (Lipinski definition) is 2. The Morgan fingerprint density at radius 2 is 2.07 bits per heavy atom. The van der Waals surface area contributed by atoms with Crippen LogP contribution in [-0.2, 0) is 20.2 Å². The van der Waals surface area contributed by atoms with Crippen molar-refractivity contribution in [2.75, 3.05) is 12.9 Å². The van der Waals surface area contributed by atoms with Crippen molar-refractivity contribution in [3.05, 3.63) is 23.8 Å². The third-order valence-electron chi connectivity index (χ3n) is 6.90. The molecule has 6 atom stereocenters. The number of rotatable bonds is 6. The average molecular weight is 439 g/mol. The first-order valence-corrected chi connectivity index (χ1v) is 12.4. The van der Waals surface area contributed by atoms with Crippen molar-refractivity contribution in [1.29, 1.82) is 0 Å². The summed E-state index contributed by atoms with van der Waals surface area (Å²) in [4.78, 5) is 22.2. The number of nitrogens with one attached hydrogen (secondary N) is 1. The second kappa shape index (κ2) is 7.72. The van der Waals surface area contributed by atoms with Crippen LogP contribution in [0, 0.1) is 12.8 Å². The molecule has 10 heteroatoms. The molecule has 2 aliphatic carbocycles. The minimum atomic E-state index is -3.44. The summed E-state index contributed by atoms with van der Waals surface area (Å²) in [6.07, 6.45) is 8.06. The molecule has 0 spiro atoms. The van der Waals surface area contributed by atoms with E-state index in [1.54, 1.807) is 6.92 Å². The van der Waals surface area contributed by atoms with Crippen molar-refractivity contribution in [2.45, 2.75) is 75.6 Å². The molecule has 3 aliphatic rings. The zero-order valence-electron chi connectivity index (χ0n) is 17.6. The lowest BCUT2D eigenvalue weighted by molar-refractivity contribution is -0.00874. The van der Waals surface area contributed by atoms with Gasteiger partial charge in [-0.05, 0) is 57.4 Å². The average Bonchev–Trinajstić information content (AvgIpc) is 3.30. The van der Waals surface area contributed by atoms with Crippen molar-refractivity contribution in [2.24, 2.45) is 5.92 Å². The number of nitrogens with zero attached hydrogens (tertiary/aromatic N) is 3. The fourth-order valence-corrected chi connectivity index (χ4v) is 6.16. The molecule has 0 bridgehead atoms. The zero-order valence-corrected chi connectivity index (χ0v) is 18.4. The summed E-state index contributed by atoms with van der Waals surface area (Å²) >= 11 is 0. The summed E-state index contributed by atoms with van der Waals surface area (Å²) < 4.78 is 32.2. The van der Waals surface area contributed by atoms with Crippen molar-refractivity contribution < 1.29 is 23.1 Å². The molecule has 9 nitrogen and oxygen atoms in total. The second-order valence-corrected chi connectivity index (χ2v) is 11.0. The normalized spacial score (nSPS) is 35.8. The van der Waals surface area contributed by atoms with Gasteiger partial charge in [0.05, 0.1) is 25.0 Å². The highest BCUT2D eigenvalue weighted by atomic mass is 32.2. The van der Waals surface area contributed by atoms with Gasteiger partial charge >= 0.3 is 6.09 Å². The molecule has 1 aliphatic heterocycles. The molecular formula is C20H30N4O5S. The summed E-state index contributed by atoms with van der Waals surface area (Å²) in [7, 11) is -3.44. The predicted octanol–water partition coefficient (Wildman–Crippen LogP) is 1.67. The largest absolute Gasteiger partial charge is 0.465 e. The quantitative estimate of drug-likeness (QED) is 0.693. The van der Waals surface area contributed by atoms with E-state index < -0.39 is 28.2 Å². The summed E-state index contributed by atoms with van der Waals surface area (Å²) in [5.41, 5.74) is 1.12. The highest BCUT2D eigenvalue weighted by Crippen LogP contribution is 2.61. The zero-order chi connectivity index (χ0) is 21.7. The minimum absolute atomic E-state index is 0.0431. The molecular weight excluding hydrogens is 408 g/mol. The molecule has 0 radical (unpaired) electrons. The number of carbonyl (C=O) groups is 1. The number of fused-ring (bicyclic) bond motifs is 1. The molecule has 1 aromatic rings. The predicted molar refractivity (Wildman–Crippen MR) is 110 cm³/mol. The van der Waals surface area contributed by atoms with Crippen LogP contribution in [0.15, 0.2) is 12.4 Å². The number of ether oxygens (including phenoxy) is 1. The maximum Gasteiger partial charge on any atom is 0.407 e. The third-order valence-corrected chi connectivity index (χ3v) is 7.63. The fraction of sp³-hybridized carbons (Fsp3) is 0.750. The molecule has 2 saturated carbocycles. The van der Waals surface area contributed by atoms with E-state index in [0.717, 1.165) is 43.3 Å². The van der Waals surface area contributed by atoms with Gasteiger partial charge in [-0.25, -0.2) is 27.9 Å².